The largest absolute Gasteiger partial charge is 0.462 e. The normalized spacial score (nSPS) is 17.5. The van der Waals surface area contributed by atoms with E-state index in [0.717, 1.165) is 42.7 Å². The first kappa shape index (κ1) is 22.7. The minimum atomic E-state index is -0.621. The zero-order valence-electron chi connectivity index (χ0n) is 18.1. The zero-order valence-corrected chi connectivity index (χ0v) is 18.8. The molecule has 0 bridgehead atoms. The number of esters is 1. The van der Waals surface area contributed by atoms with Crippen molar-refractivity contribution in [2.24, 2.45) is 5.41 Å². The maximum Gasteiger partial charge on any atom is 0.338 e. The van der Waals surface area contributed by atoms with Gasteiger partial charge in [0.2, 0.25) is 0 Å². The zero-order chi connectivity index (χ0) is 22.7. The SMILES string of the molecule is CCn1nc(CCCOC(=O)c2cc(F)cc(Cl)c2)c2c1C(=O)NCC1(CCOCC1)C2. The fraction of sp³-hybridized carbons (Fsp3) is 0.522. The van der Waals surface area contributed by atoms with Crippen molar-refractivity contribution in [2.45, 2.75) is 45.6 Å². The van der Waals surface area contributed by atoms with Crippen LogP contribution in [0.5, 0.6) is 0 Å². The third kappa shape index (κ3) is 4.81. The number of ether oxygens (including phenoxy) is 2. The van der Waals surface area contributed by atoms with Gasteiger partial charge in [-0.05, 0) is 62.6 Å². The first-order chi connectivity index (χ1) is 15.4. The number of rotatable bonds is 6. The first-order valence-electron chi connectivity index (χ1n) is 11.0. The van der Waals surface area contributed by atoms with Crippen LogP contribution in [0.25, 0.3) is 0 Å². The summed E-state index contributed by atoms with van der Waals surface area (Å²) in [4.78, 5) is 25.0. The standard InChI is InChI=1S/C23H27ClFN3O4/c1-2-28-20-18(13-23(14-26-21(20)29)5-8-31-9-6-23)19(27-28)4-3-7-32-22(30)15-10-16(24)12-17(25)11-15/h10-12H,2-9,13-14H2,1H3,(H,26,29). The van der Waals surface area contributed by atoms with E-state index in [4.69, 9.17) is 26.2 Å². The van der Waals surface area contributed by atoms with E-state index >= 15 is 0 Å². The quantitative estimate of drug-likeness (QED) is 0.523. The fourth-order valence-electron chi connectivity index (χ4n) is 4.52. The van der Waals surface area contributed by atoms with E-state index in [1.165, 1.54) is 6.07 Å². The summed E-state index contributed by atoms with van der Waals surface area (Å²) in [5.74, 6) is -1.29. The maximum absolute atomic E-state index is 13.5. The summed E-state index contributed by atoms with van der Waals surface area (Å²) in [6, 6.07) is 3.61. The highest BCUT2D eigenvalue weighted by atomic mass is 35.5. The van der Waals surface area contributed by atoms with Gasteiger partial charge in [0.1, 0.15) is 11.5 Å². The van der Waals surface area contributed by atoms with Crippen LogP contribution >= 0.6 is 11.6 Å². The molecule has 1 fully saturated rings. The second kappa shape index (κ2) is 9.58. The number of amides is 1. The molecule has 1 aromatic heterocycles. The second-order valence-electron chi connectivity index (χ2n) is 8.46. The smallest absolute Gasteiger partial charge is 0.338 e. The summed E-state index contributed by atoms with van der Waals surface area (Å²) in [5, 5.41) is 7.93. The monoisotopic (exact) mass is 463 g/mol. The van der Waals surface area contributed by atoms with Crippen LogP contribution in [0.1, 0.15) is 58.3 Å². The van der Waals surface area contributed by atoms with Crippen molar-refractivity contribution in [3.63, 3.8) is 0 Å². The van der Waals surface area contributed by atoms with Gasteiger partial charge < -0.3 is 14.8 Å². The molecule has 2 aliphatic rings. The van der Waals surface area contributed by atoms with Crippen LogP contribution in [-0.2, 0) is 28.9 Å². The minimum Gasteiger partial charge on any atom is -0.462 e. The van der Waals surface area contributed by atoms with Crippen molar-refractivity contribution >= 4 is 23.5 Å². The Hall–Kier alpha value is -2.45. The molecular weight excluding hydrogens is 437 g/mol. The summed E-state index contributed by atoms with van der Waals surface area (Å²) >= 11 is 5.81. The van der Waals surface area contributed by atoms with E-state index in [-0.39, 0.29) is 28.5 Å². The van der Waals surface area contributed by atoms with Crippen LogP contribution < -0.4 is 5.32 Å². The molecule has 0 unspecified atom stereocenters. The maximum atomic E-state index is 13.5. The van der Waals surface area contributed by atoms with Gasteiger partial charge in [0.25, 0.3) is 5.91 Å². The Labute approximate surface area is 191 Å². The molecule has 0 radical (unpaired) electrons. The predicted molar refractivity (Wildman–Crippen MR) is 116 cm³/mol. The third-order valence-electron chi connectivity index (χ3n) is 6.27. The summed E-state index contributed by atoms with van der Waals surface area (Å²) in [5.41, 5.74) is 2.56. The lowest BCUT2D eigenvalue weighted by Gasteiger charge is -2.36. The van der Waals surface area contributed by atoms with Crippen molar-refractivity contribution in [2.75, 3.05) is 26.4 Å². The molecule has 2 aromatic rings. The molecule has 1 saturated heterocycles. The number of nitrogens with one attached hydrogen (secondary N) is 1. The Morgan fingerprint density at radius 3 is 2.84 bits per heavy atom. The van der Waals surface area contributed by atoms with Crippen molar-refractivity contribution in [1.82, 2.24) is 15.1 Å². The molecule has 32 heavy (non-hydrogen) atoms. The molecule has 172 valence electrons. The van der Waals surface area contributed by atoms with Crippen LogP contribution in [0.2, 0.25) is 5.02 Å². The molecule has 7 nitrogen and oxygen atoms in total. The number of aryl methyl sites for hydroxylation is 2. The Morgan fingerprint density at radius 1 is 1.34 bits per heavy atom. The van der Waals surface area contributed by atoms with E-state index in [9.17, 15) is 14.0 Å². The lowest BCUT2D eigenvalue weighted by molar-refractivity contribution is 0.0160. The molecule has 1 spiro atoms. The highest BCUT2D eigenvalue weighted by Gasteiger charge is 2.39. The molecule has 0 atom stereocenters. The number of aromatic nitrogens is 2. The van der Waals surface area contributed by atoms with Crippen molar-refractivity contribution in [1.29, 1.82) is 0 Å². The average molecular weight is 464 g/mol. The number of nitrogens with zero attached hydrogens (tertiary/aromatic N) is 2. The molecule has 9 heteroatoms. The van der Waals surface area contributed by atoms with Crippen molar-refractivity contribution in [3.8, 4) is 0 Å². The number of carbonyl (C=O) groups excluding carboxylic acids is 2. The minimum absolute atomic E-state index is 0.0152. The predicted octanol–water partition coefficient (Wildman–Crippen LogP) is 3.57. The highest BCUT2D eigenvalue weighted by molar-refractivity contribution is 6.30. The molecule has 1 amide bonds. The second-order valence-corrected chi connectivity index (χ2v) is 8.90. The number of hydrogen-bond acceptors (Lipinski definition) is 5. The van der Waals surface area contributed by atoms with E-state index in [1.54, 1.807) is 4.68 Å². The van der Waals surface area contributed by atoms with Gasteiger partial charge in [-0.1, -0.05) is 11.6 Å². The topological polar surface area (TPSA) is 82.5 Å². The Morgan fingerprint density at radius 2 is 2.12 bits per heavy atom. The summed E-state index contributed by atoms with van der Waals surface area (Å²) < 4.78 is 26.1. The summed E-state index contributed by atoms with van der Waals surface area (Å²) in [6.45, 7) is 4.75. The van der Waals surface area contributed by atoms with Gasteiger partial charge in [0.15, 0.2) is 0 Å². The van der Waals surface area contributed by atoms with Gasteiger partial charge in [0, 0.05) is 36.9 Å². The van der Waals surface area contributed by atoms with Crippen LogP contribution in [-0.4, -0.2) is 48.0 Å². The molecule has 2 aliphatic heterocycles. The lowest BCUT2D eigenvalue weighted by atomic mass is 9.75. The van der Waals surface area contributed by atoms with Gasteiger partial charge in [-0.2, -0.15) is 5.10 Å². The molecule has 1 N–H and O–H groups in total. The summed E-state index contributed by atoms with van der Waals surface area (Å²) in [6.07, 6.45) is 3.70. The van der Waals surface area contributed by atoms with E-state index in [2.05, 4.69) is 5.32 Å². The third-order valence-corrected chi connectivity index (χ3v) is 6.49. The molecular formula is C23H27ClFN3O4. The average Bonchev–Trinajstić information content (AvgIpc) is 3.05. The number of halogens is 2. The summed E-state index contributed by atoms with van der Waals surface area (Å²) in [7, 11) is 0. The molecule has 0 aliphatic carbocycles. The van der Waals surface area contributed by atoms with E-state index in [0.29, 0.717) is 44.8 Å². The Balaban J connectivity index is 1.45. The molecule has 4 rings (SSSR count). The van der Waals surface area contributed by atoms with Gasteiger partial charge in [-0.3, -0.25) is 9.48 Å². The van der Waals surface area contributed by atoms with Crippen LogP contribution in [0, 0.1) is 11.2 Å². The van der Waals surface area contributed by atoms with Crippen LogP contribution in [0.15, 0.2) is 18.2 Å². The fourth-order valence-corrected chi connectivity index (χ4v) is 4.75. The number of benzene rings is 1. The van der Waals surface area contributed by atoms with Crippen molar-refractivity contribution < 1.29 is 23.5 Å². The molecule has 3 heterocycles. The van der Waals surface area contributed by atoms with E-state index < -0.39 is 11.8 Å². The molecule has 0 saturated carbocycles. The lowest BCUT2D eigenvalue weighted by Crippen LogP contribution is -2.40. The first-order valence-corrected chi connectivity index (χ1v) is 11.4. The van der Waals surface area contributed by atoms with Crippen LogP contribution in [0.3, 0.4) is 0 Å². The number of fused-ring (bicyclic) bond motifs is 1. The van der Waals surface area contributed by atoms with Crippen molar-refractivity contribution in [3.05, 3.63) is 51.6 Å². The number of carbonyl (C=O) groups is 2. The highest BCUT2D eigenvalue weighted by Crippen LogP contribution is 2.37. The van der Waals surface area contributed by atoms with Gasteiger partial charge >= 0.3 is 5.97 Å². The van der Waals surface area contributed by atoms with E-state index in [1.807, 2.05) is 6.92 Å². The Bertz CT molecular complexity index is 997. The number of hydrogen-bond donors (Lipinski definition) is 1. The van der Waals surface area contributed by atoms with Crippen LogP contribution in [0.4, 0.5) is 4.39 Å². The van der Waals surface area contributed by atoms with Gasteiger partial charge in [-0.25, -0.2) is 9.18 Å². The Kier molecular flexibility index (Phi) is 6.81. The van der Waals surface area contributed by atoms with Gasteiger partial charge in [-0.15, -0.1) is 0 Å². The molecule has 1 aromatic carbocycles. The van der Waals surface area contributed by atoms with Gasteiger partial charge in [0.05, 0.1) is 17.9 Å².